The van der Waals surface area contributed by atoms with Gasteiger partial charge in [0.2, 0.25) is 0 Å². The van der Waals surface area contributed by atoms with Crippen molar-refractivity contribution in [3.63, 3.8) is 0 Å². The first-order valence-corrected chi connectivity index (χ1v) is 2.41. The Morgan fingerprint density at radius 2 is 2.25 bits per heavy atom. The fourth-order valence-corrected chi connectivity index (χ4v) is 0.234. The number of aliphatic carboxylic acids is 1. The van der Waals surface area contributed by atoms with Crippen LogP contribution in [0.2, 0.25) is 0 Å². The first kappa shape index (κ1) is 10.7. The molecule has 0 aromatic rings. The number of thiol groups is 1. The third-order valence-electron chi connectivity index (χ3n) is 0.514. The van der Waals surface area contributed by atoms with Gasteiger partial charge in [-0.25, -0.2) is 0 Å². The summed E-state index contributed by atoms with van der Waals surface area (Å²) in [5.41, 5.74) is 4.94. The summed E-state index contributed by atoms with van der Waals surface area (Å²) in [6, 6.07) is -0.816. The topological polar surface area (TPSA) is 93.8 Å². The molecule has 0 saturated heterocycles. The van der Waals surface area contributed by atoms with Crippen LogP contribution in [0.15, 0.2) is 0 Å². The maximum Gasteiger partial charge on any atom is 0.321 e. The van der Waals surface area contributed by atoms with E-state index in [-0.39, 0.29) is 11.9 Å². The Balaban J connectivity index is 0. The minimum Gasteiger partial charge on any atom is -0.480 e. The van der Waals surface area contributed by atoms with Crippen LogP contribution >= 0.6 is 12.6 Å². The highest BCUT2D eigenvalue weighted by molar-refractivity contribution is 7.80. The molecule has 0 amide bonds. The minimum absolute atomic E-state index is 0. The lowest BCUT2D eigenvalue weighted by Gasteiger charge is -1.96. The Kier molecular flexibility index (Phi) is 6.52. The Hall–Kier alpha value is -0.260. The van der Waals surface area contributed by atoms with Crippen molar-refractivity contribution in [2.24, 2.45) is 5.73 Å². The molecule has 0 fully saturated rings. The van der Waals surface area contributed by atoms with E-state index in [0.717, 1.165) is 0 Å². The van der Waals surface area contributed by atoms with Crippen LogP contribution in [0.4, 0.5) is 0 Å². The number of nitrogens with two attached hydrogens (primary N) is 1. The number of carboxylic acid groups (broad SMARTS) is 1. The molecule has 1 atom stereocenters. The van der Waals surface area contributed by atoms with Gasteiger partial charge in [-0.15, -0.1) is 0 Å². The molecule has 0 aromatic carbocycles. The second-order valence-corrected chi connectivity index (χ2v) is 1.49. The van der Waals surface area contributed by atoms with E-state index >= 15 is 0 Å². The fraction of sp³-hybridized carbons (Fsp3) is 0.667. The van der Waals surface area contributed by atoms with Gasteiger partial charge in [0.25, 0.3) is 0 Å². The summed E-state index contributed by atoms with van der Waals surface area (Å²) < 4.78 is 0. The van der Waals surface area contributed by atoms with E-state index in [0.29, 0.717) is 0 Å². The second-order valence-electron chi connectivity index (χ2n) is 1.13. The number of nitrogens with zero attached hydrogens (tertiary/aromatic N) is 1. The van der Waals surface area contributed by atoms with Crippen molar-refractivity contribution in [1.82, 2.24) is 6.15 Å². The summed E-state index contributed by atoms with van der Waals surface area (Å²) in [5, 5.41) is 8.01. The Labute approximate surface area is 53.1 Å². The zero-order valence-corrected chi connectivity index (χ0v) is 5.01. The van der Waals surface area contributed by atoms with Crippen LogP contribution < -0.4 is 11.9 Å². The normalized spacial score (nSPS) is 11.8. The van der Waals surface area contributed by atoms with Gasteiger partial charge in [0.15, 0.2) is 0 Å². The highest BCUT2D eigenvalue weighted by Crippen LogP contribution is 1.80. The molecule has 0 saturated carbocycles. The average Bonchev–Trinajstić information content (AvgIpc) is 1.65. The molecular weight excluding hydrogens is 128 g/mol. The van der Waals surface area contributed by atoms with E-state index in [4.69, 9.17) is 10.8 Å². The van der Waals surface area contributed by atoms with Crippen molar-refractivity contribution < 1.29 is 9.90 Å². The van der Waals surface area contributed by atoms with Crippen LogP contribution in [-0.4, -0.2) is 22.9 Å². The van der Waals surface area contributed by atoms with Crippen LogP contribution in [0, 0.1) is 0 Å². The van der Waals surface area contributed by atoms with E-state index in [9.17, 15) is 4.79 Å². The molecule has 3 N–H and O–H groups in total. The lowest BCUT2D eigenvalue weighted by Crippen LogP contribution is -2.31. The summed E-state index contributed by atoms with van der Waals surface area (Å²) in [5.74, 6) is -0.815. The number of rotatable bonds is 2. The van der Waals surface area contributed by atoms with E-state index in [1.54, 1.807) is 0 Å². The lowest BCUT2D eigenvalue weighted by molar-refractivity contribution is -0.137. The Bertz CT molecular complexity index is 77.7. The van der Waals surface area contributed by atoms with E-state index in [1.807, 2.05) is 0 Å². The third kappa shape index (κ3) is 3.91. The van der Waals surface area contributed by atoms with Gasteiger partial charge in [-0.3, -0.25) is 4.79 Å². The predicted molar refractivity (Wildman–Crippen MR) is 31.6 cm³/mol. The zero-order valence-electron chi connectivity index (χ0n) is 4.11. The van der Waals surface area contributed by atoms with Gasteiger partial charge >= 0.3 is 5.97 Å². The van der Waals surface area contributed by atoms with Crippen molar-refractivity contribution in [3.8, 4) is 0 Å². The molecule has 0 rings (SSSR count). The second kappa shape index (κ2) is 4.89. The van der Waals surface area contributed by atoms with Crippen molar-refractivity contribution in [3.05, 3.63) is 0 Å². The maximum atomic E-state index is 9.76. The smallest absolute Gasteiger partial charge is 0.321 e. The van der Waals surface area contributed by atoms with Gasteiger partial charge in [0, 0.05) is 11.9 Å². The molecule has 8 heavy (non-hydrogen) atoms. The van der Waals surface area contributed by atoms with E-state index < -0.39 is 12.0 Å². The zero-order chi connectivity index (χ0) is 5.86. The molecule has 5 heteroatoms. The monoisotopic (exact) mass is 135 g/mol. The van der Waals surface area contributed by atoms with E-state index in [1.165, 1.54) is 0 Å². The Morgan fingerprint density at radius 3 is 2.25 bits per heavy atom. The van der Waals surface area contributed by atoms with E-state index in [2.05, 4.69) is 12.6 Å². The fourth-order valence-electron chi connectivity index (χ4n) is 0.0781. The van der Waals surface area contributed by atoms with Crippen molar-refractivity contribution in [2.45, 2.75) is 6.04 Å². The predicted octanol–water partition coefficient (Wildman–Crippen LogP) is -1.15. The molecule has 0 bridgehead atoms. The number of hydrogen-bond acceptors (Lipinski definition) is 3. The third-order valence-corrected chi connectivity index (χ3v) is 0.907. The lowest BCUT2D eigenvalue weighted by atomic mass is 10.4. The summed E-state index contributed by atoms with van der Waals surface area (Å²) in [4.78, 5) is 9.76. The molecule has 4 nitrogen and oxygen atoms in total. The molecule has 0 aliphatic carbocycles. The summed E-state index contributed by atoms with van der Waals surface area (Å²) in [6.45, 7) is 0. The molecule has 0 aromatic heterocycles. The molecule has 0 heterocycles. The molecular formula is C3H7N2O2S. The maximum absolute atomic E-state index is 9.76. The quantitative estimate of drug-likeness (QED) is 0.417. The Morgan fingerprint density at radius 1 is 1.88 bits per heavy atom. The number of carbonyl (C=O) groups is 1. The van der Waals surface area contributed by atoms with Crippen molar-refractivity contribution in [2.75, 3.05) is 5.75 Å². The first-order chi connectivity index (χ1) is 3.18. The SMILES string of the molecule is N[C@@H](CS)C(=O)O.[N]. The van der Waals surface area contributed by atoms with Crippen LogP contribution in [0.5, 0.6) is 0 Å². The van der Waals surface area contributed by atoms with Crippen LogP contribution in [-0.2, 0) is 4.79 Å². The van der Waals surface area contributed by atoms with Crippen molar-refractivity contribution >= 4 is 18.6 Å². The van der Waals surface area contributed by atoms with Gasteiger partial charge in [-0.05, 0) is 0 Å². The first-order valence-electron chi connectivity index (χ1n) is 1.77. The molecule has 47 valence electrons. The highest BCUT2D eigenvalue weighted by atomic mass is 32.1. The van der Waals surface area contributed by atoms with Gasteiger partial charge in [-0.2, -0.15) is 12.6 Å². The number of hydrogen-bond donors (Lipinski definition) is 3. The molecule has 0 spiro atoms. The van der Waals surface area contributed by atoms with Gasteiger partial charge in [-0.1, -0.05) is 0 Å². The van der Waals surface area contributed by atoms with Crippen LogP contribution in [0.25, 0.3) is 0 Å². The van der Waals surface area contributed by atoms with Gasteiger partial charge in [0.05, 0.1) is 0 Å². The molecule has 3 radical (unpaired) electrons. The molecule has 0 unspecified atom stereocenters. The van der Waals surface area contributed by atoms with Crippen LogP contribution in [0.1, 0.15) is 0 Å². The molecule has 0 aliphatic rings. The average molecular weight is 135 g/mol. The molecule has 0 aliphatic heterocycles. The summed E-state index contributed by atoms with van der Waals surface area (Å²) in [7, 11) is 0. The standard InChI is InChI=1S/C3H7NO2S.N/c4-2(1-7)3(5)6;/h2,7H,1,4H2,(H,5,6);/t2-;/m0./s1. The van der Waals surface area contributed by atoms with Crippen molar-refractivity contribution in [1.29, 1.82) is 0 Å². The summed E-state index contributed by atoms with van der Waals surface area (Å²) in [6.07, 6.45) is 0. The minimum atomic E-state index is -1.00. The van der Waals surface area contributed by atoms with Gasteiger partial charge < -0.3 is 10.8 Å². The van der Waals surface area contributed by atoms with Crippen LogP contribution in [0.3, 0.4) is 0 Å². The van der Waals surface area contributed by atoms with Gasteiger partial charge in [0.1, 0.15) is 6.04 Å². The summed E-state index contributed by atoms with van der Waals surface area (Å²) >= 11 is 3.65. The highest BCUT2D eigenvalue weighted by Gasteiger charge is 2.06. The largest absolute Gasteiger partial charge is 0.480 e. The number of carboxylic acids is 1.